The maximum atomic E-state index is 11.8. The summed E-state index contributed by atoms with van der Waals surface area (Å²) in [6.45, 7) is 2.19. The van der Waals surface area contributed by atoms with Gasteiger partial charge in [0.2, 0.25) is 0 Å². The molecule has 2 aromatic carbocycles. The summed E-state index contributed by atoms with van der Waals surface area (Å²) in [6.07, 6.45) is 8.39. The standard InChI is InChI=1S/C25H28ClNO2/c1-2-29-24(28)19-3-6-21(7-4-19)27-23-8-5-20(12-22(23)26)25-13-16-9-17(14-25)11-18(10-16)15-25/h3-8,12,16-18,27H,2,9-11,13-15H2,1H3. The molecule has 0 atom stereocenters. The zero-order chi connectivity index (χ0) is 20.0. The number of carbonyl (C=O) groups is 1. The normalized spacial score (nSPS) is 29.7. The van der Waals surface area contributed by atoms with E-state index in [9.17, 15) is 4.79 Å². The second-order valence-corrected chi connectivity index (χ2v) is 9.72. The number of esters is 1. The second kappa shape index (κ2) is 7.36. The lowest BCUT2D eigenvalue weighted by Gasteiger charge is -2.57. The first-order chi connectivity index (χ1) is 14.0. The average molecular weight is 410 g/mol. The molecule has 0 aromatic heterocycles. The highest BCUT2D eigenvalue weighted by Gasteiger charge is 2.51. The largest absolute Gasteiger partial charge is 0.462 e. The number of hydrogen-bond acceptors (Lipinski definition) is 3. The van der Waals surface area contributed by atoms with Crippen LogP contribution in [0.4, 0.5) is 11.4 Å². The molecule has 1 N–H and O–H groups in total. The van der Waals surface area contributed by atoms with Crippen LogP contribution in [-0.4, -0.2) is 12.6 Å². The van der Waals surface area contributed by atoms with Gasteiger partial charge in [0.1, 0.15) is 0 Å². The van der Waals surface area contributed by atoms with Gasteiger partial charge in [-0.25, -0.2) is 4.79 Å². The zero-order valence-corrected chi connectivity index (χ0v) is 17.7. The van der Waals surface area contributed by atoms with E-state index in [1.807, 2.05) is 19.1 Å². The second-order valence-electron chi connectivity index (χ2n) is 9.32. The molecule has 6 rings (SSSR count). The Morgan fingerprint density at radius 3 is 2.21 bits per heavy atom. The van der Waals surface area contributed by atoms with Crippen molar-refractivity contribution in [2.45, 2.75) is 50.9 Å². The molecule has 29 heavy (non-hydrogen) atoms. The van der Waals surface area contributed by atoms with Crippen molar-refractivity contribution in [2.24, 2.45) is 17.8 Å². The molecule has 4 aliphatic rings. The van der Waals surface area contributed by atoms with E-state index in [0.29, 0.717) is 17.6 Å². The Hall–Kier alpha value is -2.00. The van der Waals surface area contributed by atoms with E-state index >= 15 is 0 Å². The molecule has 0 heterocycles. The highest BCUT2D eigenvalue weighted by molar-refractivity contribution is 6.33. The molecule has 0 radical (unpaired) electrons. The fourth-order valence-corrected chi connectivity index (χ4v) is 6.70. The number of nitrogens with one attached hydrogen (secondary N) is 1. The van der Waals surface area contributed by atoms with Crippen molar-refractivity contribution < 1.29 is 9.53 Å². The smallest absolute Gasteiger partial charge is 0.338 e. The van der Waals surface area contributed by atoms with Gasteiger partial charge in [0, 0.05) is 5.69 Å². The molecule has 0 unspecified atom stereocenters. The topological polar surface area (TPSA) is 38.3 Å². The zero-order valence-electron chi connectivity index (χ0n) is 16.9. The van der Waals surface area contributed by atoms with Gasteiger partial charge in [-0.2, -0.15) is 0 Å². The van der Waals surface area contributed by atoms with Crippen LogP contribution in [0, 0.1) is 17.8 Å². The van der Waals surface area contributed by atoms with Crippen LogP contribution in [0.3, 0.4) is 0 Å². The van der Waals surface area contributed by atoms with Crippen molar-refractivity contribution >= 4 is 28.9 Å². The fourth-order valence-electron chi connectivity index (χ4n) is 6.47. The lowest BCUT2D eigenvalue weighted by molar-refractivity contribution is -0.00518. The Balaban J connectivity index is 1.34. The third-order valence-electron chi connectivity index (χ3n) is 7.29. The molecule has 4 heteroatoms. The van der Waals surface area contributed by atoms with E-state index in [-0.39, 0.29) is 5.97 Å². The van der Waals surface area contributed by atoms with E-state index in [1.165, 1.54) is 44.1 Å². The average Bonchev–Trinajstić information content (AvgIpc) is 2.69. The van der Waals surface area contributed by atoms with Gasteiger partial charge in [-0.15, -0.1) is 0 Å². The monoisotopic (exact) mass is 409 g/mol. The van der Waals surface area contributed by atoms with E-state index in [2.05, 4.69) is 23.5 Å². The van der Waals surface area contributed by atoms with E-state index < -0.39 is 0 Å². The summed E-state index contributed by atoms with van der Waals surface area (Å²) in [5.41, 5.74) is 4.16. The number of hydrogen-bond donors (Lipinski definition) is 1. The van der Waals surface area contributed by atoms with Gasteiger partial charge in [-0.05, 0) is 111 Å². The van der Waals surface area contributed by atoms with Crippen molar-refractivity contribution in [3.05, 3.63) is 58.6 Å². The van der Waals surface area contributed by atoms with Crippen LogP contribution in [0.5, 0.6) is 0 Å². The highest BCUT2D eigenvalue weighted by atomic mass is 35.5. The third kappa shape index (κ3) is 3.54. The lowest BCUT2D eigenvalue weighted by Crippen LogP contribution is -2.48. The van der Waals surface area contributed by atoms with Crippen molar-refractivity contribution in [3.8, 4) is 0 Å². The Labute approximate surface area is 177 Å². The van der Waals surface area contributed by atoms with Gasteiger partial charge in [-0.3, -0.25) is 0 Å². The summed E-state index contributed by atoms with van der Waals surface area (Å²) in [5.74, 6) is 2.49. The van der Waals surface area contributed by atoms with Crippen molar-refractivity contribution in [3.63, 3.8) is 0 Å². The Morgan fingerprint density at radius 1 is 1.03 bits per heavy atom. The van der Waals surface area contributed by atoms with Crippen LogP contribution in [-0.2, 0) is 10.2 Å². The van der Waals surface area contributed by atoms with Crippen molar-refractivity contribution in [1.29, 1.82) is 0 Å². The van der Waals surface area contributed by atoms with Gasteiger partial charge < -0.3 is 10.1 Å². The van der Waals surface area contributed by atoms with Crippen LogP contribution in [0.2, 0.25) is 5.02 Å². The maximum absolute atomic E-state index is 11.8. The maximum Gasteiger partial charge on any atom is 0.338 e. The summed E-state index contributed by atoms with van der Waals surface area (Å²) in [7, 11) is 0. The number of anilines is 2. The first kappa shape index (κ1) is 19.0. The van der Waals surface area contributed by atoms with Gasteiger partial charge >= 0.3 is 5.97 Å². The molecular weight excluding hydrogens is 382 g/mol. The minimum Gasteiger partial charge on any atom is -0.462 e. The number of rotatable bonds is 5. The summed E-state index contributed by atoms with van der Waals surface area (Å²) < 4.78 is 5.04. The van der Waals surface area contributed by atoms with Gasteiger partial charge in [0.25, 0.3) is 0 Å². The van der Waals surface area contributed by atoms with Crippen LogP contribution >= 0.6 is 11.6 Å². The number of benzene rings is 2. The van der Waals surface area contributed by atoms with E-state index in [0.717, 1.165) is 34.2 Å². The molecule has 152 valence electrons. The fraction of sp³-hybridized carbons (Fsp3) is 0.480. The molecule has 4 bridgehead atoms. The number of halogens is 1. The quantitative estimate of drug-likeness (QED) is 0.556. The Kier molecular flexibility index (Phi) is 4.82. The number of ether oxygens (including phenoxy) is 1. The highest BCUT2D eigenvalue weighted by Crippen LogP contribution is 2.61. The molecule has 0 amide bonds. The molecule has 0 saturated heterocycles. The summed E-state index contributed by atoms with van der Waals surface area (Å²) in [5, 5.41) is 4.16. The predicted molar refractivity (Wildman–Crippen MR) is 117 cm³/mol. The van der Waals surface area contributed by atoms with E-state index in [4.69, 9.17) is 16.3 Å². The van der Waals surface area contributed by atoms with Crippen molar-refractivity contribution in [1.82, 2.24) is 0 Å². The molecule has 0 aliphatic heterocycles. The Bertz CT molecular complexity index is 886. The third-order valence-corrected chi connectivity index (χ3v) is 7.61. The Morgan fingerprint density at radius 2 is 1.66 bits per heavy atom. The summed E-state index contributed by atoms with van der Waals surface area (Å²) >= 11 is 6.71. The molecular formula is C25H28ClNO2. The SMILES string of the molecule is CCOC(=O)c1ccc(Nc2ccc(C34CC5CC(CC(C5)C3)C4)cc2Cl)cc1. The lowest BCUT2D eigenvalue weighted by atomic mass is 9.48. The first-order valence-corrected chi connectivity index (χ1v) is 11.3. The molecule has 2 aromatic rings. The molecule has 3 nitrogen and oxygen atoms in total. The van der Waals surface area contributed by atoms with E-state index in [1.54, 1.807) is 12.1 Å². The van der Waals surface area contributed by atoms with Crippen LogP contribution in [0.25, 0.3) is 0 Å². The molecule has 4 saturated carbocycles. The molecule has 4 aliphatic carbocycles. The minimum absolute atomic E-state index is 0.294. The number of carbonyl (C=O) groups excluding carboxylic acids is 1. The van der Waals surface area contributed by atoms with Gasteiger partial charge in [0.05, 0.1) is 22.9 Å². The first-order valence-electron chi connectivity index (χ1n) is 10.9. The molecule has 0 spiro atoms. The van der Waals surface area contributed by atoms with Crippen LogP contribution in [0.1, 0.15) is 61.4 Å². The minimum atomic E-state index is -0.294. The predicted octanol–water partition coefficient (Wildman–Crippen LogP) is 6.73. The van der Waals surface area contributed by atoms with Crippen LogP contribution < -0.4 is 5.32 Å². The van der Waals surface area contributed by atoms with Gasteiger partial charge in [-0.1, -0.05) is 17.7 Å². The van der Waals surface area contributed by atoms with Crippen molar-refractivity contribution in [2.75, 3.05) is 11.9 Å². The summed E-state index contributed by atoms with van der Waals surface area (Å²) in [4.78, 5) is 11.8. The molecule has 4 fully saturated rings. The van der Waals surface area contributed by atoms with Crippen LogP contribution in [0.15, 0.2) is 42.5 Å². The van der Waals surface area contributed by atoms with Gasteiger partial charge in [0.15, 0.2) is 0 Å². The summed E-state index contributed by atoms with van der Waals surface area (Å²) in [6, 6.07) is 13.9.